The molecule has 0 spiro atoms. The summed E-state index contributed by atoms with van der Waals surface area (Å²) < 4.78 is 1.92. The first-order valence-electron chi connectivity index (χ1n) is 9.42. The molecule has 1 aliphatic carbocycles. The fraction of sp³-hybridized carbons (Fsp3) is 0. The summed E-state index contributed by atoms with van der Waals surface area (Å²) in [5.74, 6) is -0.228. The maximum absolute atomic E-state index is 13.6. The minimum Gasteiger partial charge on any atom is -0.289 e. The number of hydrogen-bond acceptors (Lipinski definition) is 2. The second-order valence-corrected chi connectivity index (χ2v) is 8.96. The van der Waals surface area contributed by atoms with Gasteiger partial charge in [-0.05, 0) is 46.5 Å². The van der Waals surface area contributed by atoms with Crippen molar-refractivity contribution in [1.82, 2.24) is 0 Å². The van der Waals surface area contributed by atoms with Crippen molar-refractivity contribution < 1.29 is 9.59 Å². The molecule has 4 heteroatoms. The Morgan fingerprint density at radius 1 is 0.433 bits per heavy atom. The molecule has 0 amide bonds. The van der Waals surface area contributed by atoms with E-state index in [1.165, 1.54) is 0 Å². The van der Waals surface area contributed by atoms with Gasteiger partial charge in [-0.1, -0.05) is 92.5 Å². The van der Waals surface area contributed by atoms with Crippen LogP contribution in [0.4, 0.5) is 0 Å². The molecule has 4 aromatic carbocycles. The lowest BCUT2D eigenvalue weighted by molar-refractivity contribution is 0.0980. The number of halogens is 2. The highest BCUT2D eigenvalue weighted by Gasteiger charge is 2.34. The van der Waals surface area contributed by atoms with Crippen LogP contribution in [0.15, 0.2) is 93.9 Å². The third-order valence-corrected chi connectivity index (χ3v) is 6.44. The molecule has 5 rings (SSSR count). The zero-order chi connectivity index (χ0) is 20.8. The quantitative estimate of drug-likeness (QED) is 0.246. The largest absolute Gasteiger partial charge is 0.289 e. The SMILES string of the molecule is O=C1c2ccccc2C(=O)c2c(-c3ccc(Br)cc3)ccc(-c3ccc(Br)cc3)c21. The summed E-state index contributed by atoms with van der Waals surface area (Å²) in [5, 5.41) is 0. The average molecular weight is 518 g/mol. The van der Waals surface area contributed by atoms with Gasteiger partial charge < -0.3 is 0 Å². The molecule has 0 heterocycles. The van der Waals surface area contributed by atoms with Gasteiger partial charge in [0, 0.05) is 31.2 Å². The Kier molecular flexibility index (Phi) is 4.76. The Hall–Kier alpha value is -2.82. The minimum absolute atomic E-state index is 0.114. The van der Waals surface area contributed by atoms with Gasteiger partial charge in [0.2, 0.25) is 0 Å². The number of benzene rings is 4. The Bertz CT molecular complexity index is 1220. The smallest absolute Gasteiger partial charge is 0.195 e. The van der Waals surface area contributed by atoms with Crippen LogP contribution in [-0.4, -0.2) is 11.6 Å². The molecule has 0 fully saturated rings. The first-order chi connectivity index (χ1) is 14.5. The summed E-state index contributed by atoms with van der Waals surface area (Å²) in [5.41, 5.74) is 5.21. The normalized spacial score (nSPS) is 12.5. The molecule has 0 bridgehead atoms. The van der Waals surface area contributed by atoms with Crippen molar-refractivity contribution in [3.8, 4) is 22.3 Å². The second-order valence-electron chi connectivity index (χ2n) is 7.13. The first-order valence-corrected chi connectivity index (χ1v) is 11.0. The molecule has 30 heavy (non-hydrogen) atoms. The van der Waals surface area contributed by atoms with Crippen LogP contribution in [0.2, 0.25) is 0 Å². The van der Waals surface area contributed by atoms with E-state index < -0.39 is 0 Å². The van der Waals surface area contributed by atoms with Crippen molar-refractivity contribution in [3.05, 3.63) is 116 Å². The molecule has 0 unspecified atom stereocenters. The summed E-state index contributed by atoms with van der Waals surface area (Å²) in [4.78, 5) is 27.2. The molecule has 0 atom stereocenters. The van der Waals surface area contributed by atoms with Gasteiger partial charge in [0.15, 0.2) is 11.6 Å². The summed E-state index contributed by atoms with van der Waals surface area (Å²) in [6, 6.07) is 26.5. The predicted octanol–water partition coefficient (Wildman–Crippen LogP) is 7.32. The Balaban J connectivity index is 1.83. The maximum atomic E-state index is 13.6. The van der Waals surface area contributed by atoms with Crippen LogP contribution in [0.5, 0.6) is 0 Å². The monoisotopic (exact) mass is 516 g/mol. The van der Waals surface area contributed by atoms with Gasteiger partial charge in [0.1, 0.15) is 0 Å². The molecule has 0 saturated heterocycles. The lowest BCUT2D eigenvalue weighted by Gasteiger charge is -2.23. The molecule has 0 radical (unpaired) electrons. The molecule has 4 aromatic rings. The molecular formula is C26H14Br2O2. The molecule has 1 aliphatic rings. The van der Waals surface area contributed by atoms with Crippen molar-refractivity contribution >= 4 is 43.4 Å². The highest BCUT2D eigenvalue weighted by molar-refractivity contribution is 9.10. The highest BCUT2D eigenvalue weighted by Crippen LogP contribution is 2.40. The maximum Gasteiger partial charge on any atom is 0.195 e. The summed E-state index contributed by atoms with van der Waals surface area (Å²) in [6.07, 6.45) is 0. The first kappa shape index (κ1) is 19.2. The van der Waals surface area contributed by atoms with Crippen LogP contribution in [0.25, 0.3) is 22.3 Å². The van der Waals surface area contributed by atoms with E-state index in [0.717, 1.165) is 31.2 Å². The van der Waals surface area contributed by atoms with Crippen molar-refractivity contribution in [2.24, 2.45) is 0 Å². The molecule has 2 nitrogen and oxygen atoms in total. The van der Waals surface area contributed by atoms with Gasteiger partial charge in [0.25, 0.3) is 0 Å². The zero-order valence-corrected chi connectivity index (χ0v) is 18.8. The van der Waals surface area contributed by atoms with Crippen molar-refractivity contribution in [1.29, 1.82) is 0 Å². The molecule has 0 saturated carbocycles. The zero-order valence-electron chi connectivity index (χ0n) is 15.7. The molecule has 0 N–H and O–H groups in total. The van der Waals surface area contributed by atoms with Crippen LogP contribution in [-0.2, 0) is 0 Å². The number of ketones is 2. The predicted molar refractivity (Wildman–Crippen MR) is 126 cm³/mol. The summed E-state index contributed by atoms with van der Waals surface area (Å²) in [6.45, 7) is 0. The van der Waals surface area contributed by atoms with E-state index >= 15 is 0 Å². The molecule has 0 aliphatic heterocycles. The van der Waals surface area contributed by atoms with Gasteiger partial charge >= 0.3 is 0 Å². The number of hydrogen-bond donors (Lipinski definition) is 0. The van der Waals surface area contributed by atoms with Gasteiger partial charge in [-0.25, -0.2) is 0 Å². The number of rotatable bonds is 2. The molecular weight excluding hydrogens is 504 g/mol. The van der Waals surface area contributed by atoms with E-state index in [1.54, 1.807) is 24.3 Å². The van der Waals surface area contributed by atoms with Crippen LogP contribution in [0.1, 0.15) is 31.8 Å². The fourth-order valence-electron chi connectivity index (χ4n) is 3.96. The molecule has 144 valence electrons. The fourth-order valence-corrected chi connectivity index (χ4v) is 4.49. The van der Waals surface area contributed by atoms with E-state index in [2.05, 4.69) is 31.9 Å². The van der Waals surface area contributed by atoms with Gasteiger partial charge in [-0.2, -0.15) is 0 Å². The minimum atomic E-state index is -0.114. The third kappa shape index (κ3) is 3.08. The number of carbonyl (C=O) groups is 2. The average Bonchev–Trinajstić information content (AvgIpc) is 2.78. The van der Waals surface area contributed by atoms with Crippen LogP contribution in [0.3, 0.4) is 0 Å². The Morgan fingerprint density at radius 3 is 1.17 bits per heavy atom. The lowest BCUT2D eigenvalue weighted by atomic mass is 9.77. The van der Waals surface area contributed by atoms with Crippen LogP contribution in [0, 0.1) is 0 Å². The Morgan fingerprint density at radius 2 is 0.800 bits per heavy atom. The highest BCUT2D eigenvalue weighted by atomic mass is 79.9. The van der Waals surface area contributed by atoms with Crippen LogP contribution < -0.4 is 0 Å². The van der Waals surface area contributed by atoms with E-state index in [1.807, 2.05) is 60.7 Å². The molecule has 0 aromatic heterocycles. The van der Waals surface area contributed by atoms with Gasteiger partial charge in [0.05, 0.1) is 0 Å². The second kappa shape index (κ2) is 7.46. The van der Waals surface area contributed by atoms with Crippen molar-refractivity contribution in [2.75, 3.05) is 0 Å². The standard InChI is InChI=1S/C26H14Br2O2/c27-17-9-5-15(6-10-17)19-13-14-20(16-7-11-18(28)12-8-16)24-23(19)25(29)21-3-1-2-4-22(21)26(24)30/h1-14H. The topological polar surface area (TPSA) is 34.1 Å². The van der Waals surface area contributed by atoms with E-state index in [4.69, 9.17) is 0 Å². The Labute approximate surface area is 190 Å². The number of carbonyl (C=O) groups excluding carboxylic acids is 2. The lowest BCUT2D eigenvalue weighted by Crippen LogP contribution is -2.22. The van der Waals surface area contributed by atoms with Crippen molar-refractivity contribution in [3.63, 3.8) is 0 Å². The van der Waals surface area contributed by atoms with Crippen molar-refractivity contribution in [2.45, 2.75) is 0 Å². The van der Waals surface area contributed by atoms with E-state index in [0.29, 0.717) is 22.3 Å². The summed E-state index contributed by atoms with van der Waals surface area (Å²) in [7, 11) is 0. The van der Waals surface area contributed by atoms with Crippen LogP contribution >= 0.6 is 31.9 Å². The van der Waals surface area contributed by atoms with E-state index in [9.17, 15) is 9.59 Å². The number of fused-ring (bicyclic) bond motifs is 2. The van der Waals surface area contributed by atoms with E-state index in [-0.39, 0.29) is 11.6 Å². The third-order valence-electron chi connectivity index (χ3n) is 5.39. The van der Waals surface area contributed by atoms with Gasteiger partial charge in [-0.3, -0.25) is 9.59 Å². The van der Waals surface area contributed by atoms with Gasteiger partial charge in [-0.15, -0.1) is 0 Å². The summed E-state index contributed by atoms with van der Waals surface area (Å²) >= 11 is 6.92.